The van der Waals surface area contributed by atoms with E-state index in [2.05, 4.69) is 15.4 Å². The lowest BCUT2D eigenvalue weighted by molar-refractivity contribution is -0.157. The highest BCUT2D eigenvalue weighted by Gasteiger charge is 2.41. The largest absolute Gasteiger partial charge is 0.465 e. The van der Waals surface area contributed by atoms with Gasteiger partial charge in [0.25, 0.3) is 0 Å². The van der Waals surface area contributed by atoms with E-state index in [1.54, 1.807) is 24.3 Å². The number of ether oxygens (including phenoxy) is 1. The van der Waals surface area contributed by atoms with Crippen molar-refractivity contribution in [3.05, 3.63) is 35.4 Å². The minimum absolute atomic E-state index is 0.0823. The Hall–Kier alpha value is -1.60. The number of nitrogens with one attached hydrogen (secondary N) is 2. The second-order valence-corrected chi connectivity index (χ2v) is 4.90. The molecule has 1 aromatic rings. The van der Waals surface area contributed by atoms with Crippen molar-refractivity contribution in [2.24, 2.45) is 0 Å². The summed E-state index contributed by atoms with van der Waals surface area (Å²) in [4.78, 5) is 11.3. The summed E-state index contributed by atoms with van der Waals surface area (Å²) in [7, 11) is 1.28. The Bertz CT molecular complexity index is 488. The van der Waals surface area contributed by atoms with E-state index in [-0.39, 0.29) is 13.0 Å². The summed E-state index contributed by atoms with van der Waals surface area (Å²) in [6, 6.07) is 4.50. The fourth-order valence-electron chi connectivity index (χ4n) is 2.37. The van der Waals surface area contributed by atoms with E-state index in [1.807, 2.05) is 0 Å². The van der Waals surface area contributed by atoms with Gasteiger partial charge in [-0.1, -0.05) is 12.1 Å². The molecule has 7 heteroatoms. The highest BCUT2D eigenvalue weighted by atomic mass is 19.4. The Balaban J connectivity index is 2.14. The van der Waals surface area contributed by atoms with Crippen LogP contribution < -0.4 is 10.6 Å². The maximum atomic E-state index is 12.9. The molecule has 1 fully saturated rings. The Morgan fingerprint density at radius 2 is 1.81 bits per heavy atom. The molecule has 0 bridgehead atoms. The fraction of sp³-hybridized carbons (Fsp3) is 0.500. The molecule has 0 aliphatic carbocycles. The maximum Gasteiger partial charge on any atom is 0.403 e. The number of hydrogen-bond donors (Lipinski definition) is 2. The first-order valence-corrected chi connectivity index (χ1v) is 6.63. The molecule has 0 saturated carbocycles. The van der Waals surface area contributed by atoms with E-state index >= 15 is 0 Å². The van der Waals surface area contributed by atoms with E-state index in [0.717, 1.165) is 5.56 Å². The Morgan fingerprint density at radius 3 is 2.38 bits per heavy atom. The van der Waals surface area contributed by atoms with Crippen LogP contribution in [0, 0.1) is 0 Å². The third-order valence-corrected chi connectivity index (χ3v) is 3.51. The topological polar surface area (TPSA) is 50.4 Å². The van der Waals surface area contributed by atoms with Crippen LogP contribution in [-0.4, -0.2) is 38.4 Å². The van der Waals surface area contributed by atoms with Gasteiger partial charge < -0.3 is 15.4 Å². The molecule has 2 atom stereocenters. The smallest absolute Gasteiger partial charge is 0.403 e. The van der Waals surface area contributed by atoms with Gasteiger partial charge in [0, 0.05) is 19.1 Å². The van der Waals surface area contributed by atoms with Crippen LogP contribution in [0.1, 0.15) is 28.4 Å². The number of alkyl halides is 3. The predicted molar refractivity (Wildman–Crippen MR) is 71.0 cm³/mol. The summed E-state index contributed by atoms with van der Waals surface area (Å²) in [5, 5.41) is 5.58. The summed E-state index contributed by atoms with van der Waals surface area (Å²) in [5.41, 5.74) is 1.10. The molecule has 1 aromatic carbocycles. The highest BCUT2D eigenvalue weighted by Crippen LogP contribution is 2.29. The first-order valence-electron chi connectivity index (χ1n) is 6.63. The van der Waals surface area contributed by atoms with Crippen molar-refractivity contribution in [3.8, 4) is 0 Å². The lowest BCUT2D eigenvalue weighted by Gasteiger charge is -2.23. The van der Waals surface area contributed by atoms with E-state index in [0.29, 0.717) is 12.1 Å². The SMILES string of the molecule is COC(=O)c1ccc(C2CC(C(F)(F)F)NCCN2)cc1. The molecule has 4 nitrogen and oxygen atoms in total. The van der Waals surface area contributed by atoms with Gasteiger partial charge in [0.2, 0.25) is 0 Å². The van der Waals surface area contributed by atoms with Gasteiger partial charge in [0.1, 0.15) is 6.04 Å². The van der Waals surface area contributed by atoms with Crippen LogP contribution in [0.2, 0.25) is 0 Å². The van der Waals surface area contributed by atoms with Crippen LogP contribution in [0.3, 0.4) is 0 Å². The molecule has 1 heterocycles. The summed E-state index contributed by atoms with van der Waals surface area (Å²) < 4.78 is 43.2. The van der Waals surface area contributed by atoms with Gasteiger partial charge in [-0.25, -0.2) is 4.79 Å². The molecule has 1 aliphatic rings. The van der Waals surface area contributed by atoms with Crippen molar-refractivity contribution in [1.82, 2.24) is 10.6 Å². The number of esters is 1. The first kappa shape index (κ1) is 15.8. The van der Waals surface area contributed by atoms with E-state index in [9.17, 15) is 18.0 Å². The van der Waals surface area contributed by atoms with Crippen molar-refractivity contribution < 1.29 is 22.7 Å². The van der Waals surface area contributed by atoms with Gasteiger partial charge >= 0.3 is 12.1 Å². The molecule has 2 unspecified atom stereocenters. The second kappa shape index (κ2) is 6.44. The fourth-order valence-corrected chi connectivity index (χ4v) is 2.37. The zero-order valence-electron chi connectivity index (χ0n) is 11.5. The van der Waals surface area contributed by atoms with Crippen LogP contribution in [0.15, 0.2) is 24.3 Å². The van der Waals surface area contributed by atoms with Crippen molar-refractivity contribution in [2.75, 3.05) is 20.2 Å². The number of rotatable bonds is 2. The van der Waals surface area contributed by atoms with Crippen LogP contribution in [-0.2, 0) is 4.74 Å². The van der Waals surface area contributed by atoms with Gasteiger partial charge in [-0.3, -0.25) is 0 Å². The molecule has 21 heavy (non-hydrogen) atoms. The third kappa shape index (κ3) is 3.95. The molecule has 0 spiro atoms. The van der Waals surface area contributed by atoms with Gasteiger partial charge in [0.05, 0.1) is 12.7 Å². The minimum Gasteiger partial charge on any atom is -0.465 e. The molecule has 116 valence electrons. The number of methoxy groups -OCH3 is 1. The second-order valence-electron chi connectivity index (χ2n) is 4.90. The molecule has 0 aromatic heterocycles. The molecule has 0 amide bonds. The quantitative estimate of drug-likeness (QED) is 0.821. The zero-order chi connectivity index (χ0) is 15.5. The number of carbonyl (C=O) groups is 1. The van der Waals surface area contributed by atoms with Gasteiger partial charge in [-0.15, -0.1) is 0 Å². The molecule has 2 N–H and O–H groups in total. The lowest BCUT2D eigenvalue weighted by atomic mass is 9.98. The van der Waals surface area contributed by atoms with Crippen molar-refractivity contribution in [2.45, 2.75) is 24.7 Å². The molecular formula is C14H17F3N2O2. The molecule has 1 saturated heterocycles. The zero-order valence-corrected chi connectivity index (χ0v) is 11.5. The monoisotopic (exact) mass is 302 g/mol. The molecule has 2 rings (SSSR count). The third-order valence-electron chi connectivity index (χ3n) is 3.51. The summed E-state index contributed by atoms with van der Waals surface area (Å²) in [6.45, 7) is 0.719. The average molecular weight is 302 g/mol. The van der Waals surface area contributed by atoms with Crippen molar-refractivity contribution in [3.63, 3.8) is 0 Å². The number of hydrogen-bond acceptors (Lipinski definition) is 4. The van der Waals surface area contributed by atoms with E-state index in [4.69, 9.17) is 0 Å². The number of benzene rings is 1. The van der Waals surface area contributed by atoms with Crippen LogP contribution in [0.4, 0.5) is 13.2 Å². The van der Waals surface area contributed by atoms with Crippen LogP contribution in [0.25, 0.3) is 0 Å². The molecule has 0 radical (unpaired) electrons. The molecular weight excluding hydrogens is 285 g/mol. The summed E-state index contributed by atoms with van der Waals surface area (Å²) in [6.07, 6.45) is -4.35. The predicted octanol–water partition coefficient (Wildman–Crippen LogP) is 2.03. The van der Waals surface area contributed by atoms with Crippen molar-refractivity contribution >= 4 is 5.97 Å². The Labute approximate surface area is 120 Å². The van der Waals surface area contributed by atoms with Gasteiger partial charge in [-0.2, -0.15) is 13.2 Å². The number of halogens is 3. The highest BCUT2D eigenvalue weighted by molar-refractivity contribution is 5.89. The maximum absolute atomic E-state index is 12.9. The summed E-state index contributed by atoms with van der Waals surface area (Å²) in [5.74, 6) is -0.467. The first-order chi connectivity index (χ1) is 9.91. The number of carbonyl (C=O) groups excluding carboxylic acids is 1. The molecule has 1 aliphatic heterocycles. The van der Waals surface area contributed by atoms with Gasteiger partial charge in [-0.05, 0) is 24.1 Å². The standard InChI is InChI=1S/C14H17F3N2O2/c1-21-13(20)10-4-2-9(3-5-10)11-8-12(14(15,16)17)19-7-6-18-11/h2-5,11-12,18-19H,6-8H2,1H3. The lowest BCUT2D eigenvalue weighted by Crippen LogP contribution is -2.42. The Kier molecular flexibility index (Phi) is 4.84. The van der Waals surface area contributed by atoms with Gasteiger partial charge in [0.15, 0.2) is 0 Å². The minimum atomic E-state index is -4.27. The van der Waals surface area contributed by atoms with E-state index in [1.165, 1.54) is 7.11 Å². The van der Waals surface area contributed by atoms with Crippen molar-refractivity contribution in [1.29, 1.82) is 0 Å². The van der Waals surface area contributed by atoms with Crippen LogP contribution >= 0.6 is 0 Å². The average Bonchev–Trinajstić information content (AvgIpc) is 2.72. The van der Waals surface area contributed by atoms with E-state index < -0.39 is 24.2 Å². The van der Waals surface area contributed by atoms with Crippen LogP contribution in [0.5, 0.6) is 0 Å². The summed E-state index contributed by atoms with van der Waals surface area (Å²) >= 11 is 0. The normalized spacial score (nSPS) is 23.4. The Morgan fingerprint density at radius 1 is 1.19 bits per heavy atom.